The van der Waals surface area contributed by atoms with Gasteiger partial charge in [0.25, 0.3) is 11.6 Å². The van der Waals surface area contributed by atoms with Gasteiger partial charge in [-0.05, 0) is 24.4 Å². The van der Waals surface area contributed by atoms with Crippen molar-refractivity contribution < 1.29 is 14.5 Å². The van der Waals surface area contributed by atoms with E-state index in [0.29, 0.717) is 17.0 Å². The molecule has 0 aliphatic carbocycles. The molecule has 1 amide bonds. The maximum Gasteiger partial charge on any atom is 0.274 e. The molecule has 0 unspecified atom stereocenters. The summed E-state index contributed by atoms with van der Waals surface area (Å²) < 4.78 is 5.62. The number of nitrogens with one attached hydrogen (secondary N) is 1. The summed E-state index contributed by atoms with van der Waals surface area (Å²) in [5, 5.41) is 15.6. The predicted molar refractivity (Wildman–Crippen MR) is 95.9 cm³/mol. The second kappa shape index (κ2) is 7.00. The third-order valence-electron chi connectivity index (χ3n) is 3.88. The van der Waals surface area contributed by atoms with E-state index in [0.717, 1.165) is 10.8 Å². The van der Waals surface area contributed by atoms with Gasteiger partial charge in [-0.3, -0.25) is 14.9 Å². The zero-order chi connectivity index (χ0) is 17.8. The molecule has 6 nitrogen and oxygen atoms in total. The molecule has 0 saturated heterocycles. The minimum atomic E-state index is -0.475. The highest BCUT2D eigenvalue weighted by atomic mass is 16.6. The highest BCUT2D eigenvalue weighted by Crippen LogP contribution is 2.26. The molecule has 6 heteroatoms. The smallest absolute Gasteiger partial charge is 0.274 e. The van der Waals surface area contributed by atoms with E-state index < -0.39 is 4.92 Å². The molecule has 126 valence electrons. The summed E-state index contributed by atoms with van der Waals surface area (Å²) in [6.07, 6.45) is 0. The molecule has 0 radical (unpaired) electrons. The van der Waals surface area contributed by atoms with Crippen molar-refractivity contribution in [2.24, 2.45) is 0 Å². The number of nitro groups is 1. The lowest BCUT2D eigenvalue weighted by Gasteiger charge is -2.11. The number of hydrogen-bond donors (Lipinski definition) is 1. The maximum atomic E-state index is 12.1. The quantitative estimate of drug-likeness (QED) is 0.562. The topological polar surface area (TPSA) is 81.5 Å². The summed E-state index contributed by atoms with van der Waals surface area (Å²) in [6, 6.07) is 17.9. The van der Waals surface area contributed by atoms with Crippen molar-refractivity contribution in [1.29, 1.82) is 0 Å². The van der Waals surface area contributed by atoms with Crippen LogP contribution in [0.1, 0.15) is 5.56 Å². The van der Waals surface area contributed by atoms with Crippen LogP contribution in [0, 0.1) is 17.0 Å². The van der Waals surface area contributed by atoms with Gasteiger partial charge in [-0.25, -0.2) is 0 Å². The molecule has 0 aliphatic heterocycles. The predicted octanol–water partition coefficient (Wildman–Crippen LogP) is 4.07. The number of fused-ring (bicyclic) bond motifs is 1. The minimum Gasteiger partial charge on any atom is -0.483 e. The fourth-order valence-electron chi connectivity index (χ4n) is 2.61. The Hall–Kier alpha value is -3.41. The monoisotopic (exact) mass is 336 g/mol. The maximum absolute atomic E-state index is 12.1. The molecule has 0 heterocycles. The number of ether oxygens (including phenoxy) is 1. The lowest BCUT2D eigenvalue weighted by Crippen LogP contribution is -2.20. The van der Waals surface area contributed by atoms with Crippen LogP contribution in [-0.4, -0.2) is 17.4 Å². The molecule has 0 fully saturated rings. The molecule has 0 spiro atoms. The Morgan fingerprint density at radius 2 is 1.80 bits per heavy atom. The number of benzene rings is 3. The van der Waals surface area contributed by atoms with E-state index in [2.05, 4.69) is 5.32 Å². The van der Waals surface area contributed by atoms with Crippen LogP contribution in [0.25, 0.3) is 10.8 Å². The van der Waals surface area contributed by atoms with Gasteiger partial charge in [0.2, 0.25) is 0 Å². The van der Waals surface area contributed by atoms with E-state index in [1.165, 1.54) is 12.1 Å². The van der Waals surface area contributed by atoms with Crippen LogP contribution in [0.15, 0.2) is 60.7 Å². The van der Waals surface area contributed by atoms with Crippen molar-refractivity contribution in [2.45, 2.75) is 6.92 Å². The summed E-state index contributed by atoms with van der Waals surface area (Å²) >= 11 is 0. The third kappa shape index (κ3) is 3.58. The van der Waals surface area contributed by atoms with E-state index in [1.807, 2.05) is 36.4 Å². The average molecular weight is 336 g/mol. The Bertz CT molecular complexity index is 948. The molecule has 0 aliphatic rings. The Morgan fingerprint density at radius 3 is 2.60 bits per heavy atom. The zero-order valence-corrected chi connectivity index (χ0v) is 13.6. The molecule has 25 heavy (non-hydrogen) atoms. The molecule has 0 saturated carbocycles. The minimum absolute atomic E-state index is 0.0345. The summed E-state index contributed by atoms with van der Waals surface area (Å²) in [5.74, 6) is 0.237. The number of nitrogens with zero attached hydrogens (tertiary/aromatic N) is 1. The first kappa shape index (κ1) is 16.4. The first-order valence-electron chi connectivity index (χ1n) is 7.70. The van der Waals surface area contributed by atoms with E-state index in [-0.39, 0.29) is 18.2 Å². The van der Waals surface area contributed by atoms with Crippen LogP contribution in [0.5, 0.6) is 5.75 Å². The van der Waals surface area contributed by atoms with Gasteiger partial charge in [-0.2, -0.15) is 0 Å². The molecule has 3 aromatic carbocycles. The number of carbonyl (C=O) groups excluding carboxylic acids is 1. The largest absolute Gasteiger partial charge is 0.483 e. The fourth-order valence-corrected chi connectivity index (χ4v) is 2.61. The van der Waals surface area contributed by atoms with Crippen molar-refractivity contribution in [3.63, 3.8) is 0 Å². The van der Waals surface area contributed by atoms with Gasteiger partial charge in [-0.1, -0.05) is 42.5 Å². The fraction of sp³-hybridized carbons (Fsp3) is 0.105. The van der Waals surface area contributed by atoms with Crippen molar-refractivity contribution in [3.8, 4) is 5.75 Å². The normalized spacial score (nSPS) is 10.4. The van der Waals surface area contributed by atoms with Crippen LogP contribution < -0.4 is 10.1 Å². The number of hydrogen-bond acceptors (Lipinski definition) is 4. The Kier molecular flexibility index (Phi) is 4.61. The van der Waals surface area contributed by atoms with Crippen molar-refractivity contribution in [2.75, 3.05) is 11.9 Å². The SMILES string of the molecule is Cc1c(NC(=O)COc2cccc3ccccc23)cccc1[N+](=O)[O-]. The van der Waals surface area contributed by atoms with E-state index >= 15 is 0 Å². The molecule has 3 aromatic rings. The van der Waals surface area contributed by atoms with Crippen molar-refractivity contribution in [1.82, 2.24) is 0 Å². The van der Waals surface area contributed by atoms with Crippen molar-refractivity contribution >= 4 is 28.1 Å². The number of amides is 1. The molecule has 0 atom stereocenters. The molecule has 1 N–H and O–H groups in total. The second-order valence-corrected chi connectivity index (χ2v) is 5.52. The van der Waals surface area contributed by atoms with Gasteiger partial charge in [-0.15, -0.1) is 0 Å². The van der Waals surface area contributed by atoms with E-state index in [1.54, 1.807) is 19.1 Å². The third-order valence-corrected chi connectivity index (χ3v) is 3.88. The van der Waals surface area contributed by atoms with Gasteiger partial charge in [0.15, 0.2) is 6.61 Å². The van der Waals surface area contributed by atoms with Gasteiger partial charge in [0.05, 0.1) is 16.2 Å². The number of nitro benzene ring substituents is 1. The van der Waals surface area contributed by atoms with Crippen LogP contribution in [-0.2, 0) is 4.79 Å². The standard InChI is InChI=1S/C19H16N2O4/c1-13-16(9-5-10-17(13)21(23)24)20-19(22)12-25-18-11-4-7-14-6-2-3-8-15(14)18/h2-11H,12H2,1H3,(H,20,22). The molecular weight excluding hydrogens is 320 g/mol. The van der Waals surface area contributed by atoms with Crippen LogP contribution >= 0.6 is 0 Å². The summed E-state index contributed by atoms with van der Waals surface area (Å²) in [5.41, 5.74) is 0.777. The highest BCUT2D eigenvalue weighted by Gasteiger charge is 2.15. The molecule has 0 aromatic heterocycles. The Morgan fingerprint density at radius 1 is 1.08 bits per heavy atom. The molecular formula is C19H16N2O4. The van der Waals surface area contributed by atoms with E-state index in [4.69, 9.17) is 4.74 Å². The Labute approximate surface area is 144 Å². The summed E-state index contributed by atoms with van der Waals surface area (Å²) in [6.45, 7) is 1.41. The number of carbonyl (C=O) groups is 1. The summed E-state index contributed by atoms with van der Waals surface area (Å²) in [7, 11) is 0. The molecule has 0 bridgehead atoms. The van der Waals surface area contributed by atoms with Gasteiger partial charge in [0.1, 0.15) is 5.75 Å². The molecule has 3 rings (SSSR count). The number of anilines is 1. The van der Waals surface area contributed by atoms with Crippen molar-refractivity contribution in [3.05, 3.63) is 76.3 Å². The zero-order valence-electron chi connectivity index (χ0n) is 13.6. The highest BCUT2D eigenvalue weighted by molar-refractivity contribution is 5.94. The lowest BCUT2D eigenvalue weighted by atomic mass is 10.1. The van der Waals surface area contributed by atoms with E-state index in [9.17, 15) is 14.9 Å². The average Bonchev–Trinajstić information content (AvgIpc) is 2.61. The van der Waals surface area contributed by atoms with Gasteiger partial charge < -0.3 is 10.1 Å². The Balaban J connectivity index is 1.71. The first-order chi connectivity index (χ1) is 12.1. The first-order valence-corrected chi connectivity index (χ1v) is 7.70. The van der Waals surface area contributed by atoms with Crippen LogP contribution in [0.3, 0.4) is 0 Å². The second-order valence-electron chi connectivity index (χ2n) is 5.52. The van der Waals surface area contributed by atoms with Crippen LogP contribution in [0.4, 0.5) is 11.4 Å². The lowest BCUT2D eigenvalue weighted by molar-refractivity contribution is -0.385. The van der Waals surface area contributed by atoms with Gasteiger partial charge in [0, 0.05) is 11.5 Å². The number of rotatable bonds is 5. The van der Waals surface area contributed by atoms with Crippen LogP contribution in [0.2, 0.25) is 0 Å². The van der Waals surface area contributed by atoms with Gasteiger partial charge >= 0.3 is 0 Å². The summed E-state index contributed by atoms with van der Waals surface area (Å²) in [4.78, 5) is 22.6.